The molecule has 0 aromatic heterocycles. The molecule has 3 rings (SSSR count). The molecule has 0 fully saturated rings. The Balaban J connectivity index is 1.76. The van der Waals surface area contributed by atoms with Crippen LogP contribution in [0.5, 0.6) is 5.75 Å². The largest absolute Gasteiger partial charge is 0.492 e. The Labute approximate surface area is 128 Å². The molecule has 0 spiro atoms. The molecule has 1 N–H and O–H groups in total. The Morgan fingerprint density at radius 3 is 2.95 bits per heavy atom. The molecular formula is C17H17FO2S. The molecule has 1 unspecified atom stereocenters. The zero-order valence-electron chi connectivity index (χ0n) is 11.8. The van der Waals surface area contributed by atoms with E-state index in [0.29, 0.717) is 23.8 Å². The van der Waals surface area contributed by atoms with E-state index in [1.165, 1.54) is 22.6 Å². The van der Waals surface area contributed by atoms with E-state index >= 15 is 0 Å². The van der Waals surface area contributed by atoms with Crippen molar-refractivity contribution in [2.24, 2.45) is 0 Å². The lowest BCUT2D eigenvalue weighted by atomic mass is 10.0. The maximum Gasteiger partial charge on any atom is 0.128 e. The van der Waals surface area contributed by atoms with Gasteiger partial charge in [-0.05, 0) is 30.7 Å². The van der Waals surface area contributed by atoms with Gasteiger partial charge in [-0.1, -0.05) is 18.2 Å². The predicted octanol–water partition coefficient (Wildman–Crippen LogP) is 4.15. The molecule has 1 heterocycles. The van der Waals surface area contributed by atoms with Crippen LogP contribution in [-0.2, 0) is 0 Å². The maximum absolute atomic E-state index is 13.4. The molecule has 0 saturated carbocycles. The average Bonchev–Trinajstić information content (AvgIpc) is 2.88. The molecule has 1 aliphatic rings. The van der Waals surface area contributed by atoms with Gasteiger partial charge in [-0.25, -0.2) is 4.39 Å². The molecule has 0 radical (unpaired) electrons. The van der Waals surface area contributed by atoms with Gasteiger partial charge in [0.25, 0.3) is 0 Å². The van der Waals surface area contributed by atoms with Crippen molar-refractivity contribution in [2.75, 3.05) is 12.4 Å². The highest BCUT2D eigenvalue weighted by Crippen LogP contribution is 2.39. The Morgan fingerprint density at radius 1 is 1.33 bits per heavy atom. The third-order valence-electron chi connectivity index (χ3n) is 3.66. The normalized spacial score (nSPS) is 18.3. The van der Waals surface area contributed by atoms with Gasteiger partial charge in [0.1, 0.15) is 11.6 Å². The second-order valence-corrected chi connectivity index (χ2v) is 6.28. The predicted molar refractivity (Wildman–Crippen MR) is 82.4 cm³/mol. The number of hydrogen-bond acceptors (Lipinski definition) is 3. The summed E-state index contributed by atoms with van der Waals surface area (Å²) in [5.74, 6) is 1.35. The van der Waals surface area contributed by atoms with Crippen LogP contribution in [0.1, 0.15) is 30.1 Å². The zero-order chi connectivity index (χ0) is 14.8. The minimum atomic E-state index is -0.675. The van der Waals surface area contributed by atoms with Crippen molar-refractivity contribution in [2.45, 2.75) is 23.8 Å². The third kappa shape index (κ3) is 3.06. The van der Waals surface area contributed by atoms with Crippen molar-refractivity contribution < 1.29 is 14.2 Å². The van der Waals surface area contributed by atoms with E-state index < -0.39 is 6.10 Å². The summed E-state index contributed by atoms with van der Waals surface area (Å²) < 4.78 is 19.2. The summed E-state index contributed by atoms with van der Waals surface area (Å²) in [5, 5.41) is 9.74. The minimum absolute atomic E-state index is 0.302. The van der Waals surface area contributed by atoms with Crippen LogP contribution >= 0.6 is 11.8 Å². The number of thioether (sulfide) groups is 1. The van der Waals surface area contributed by atoms with Crippen molar-refractivity contribution in [1.82, 2.24) is 0 Å². The van der Waals surface area contributed by atoms with Crippen molar-refractivity contribution in [3.8, 4) is 5.75 Å². The molecule has 1 aliphatic heterocycles. The number of ether oxygens (including phenoxy) is 1. The lowest BCUT2D eigenvalue weighted by Gasteiger charge is -2.16. The van der Waals surface area contributed by atoms with Gasteiger partial charge >= 0.3 is 0 Å². The average molecular weight is 304 g/mol. The molecule has 21 heavy (non-hydrogen) atoms. The van der Waals surface area contributed by atoms with E-state index in [1.807, 2.05) is 23.9 Å². The molecular weight excluding hydrogens is 287 g/mol. The molecule has 2 aromatic rings. The summed E-state index contributed by atoms with van der Waals surface area (Å²) in [6.07, 6.45) is -0.675. The highest BCUT2D eigenvalue weighted by atomic mass is 32.2. The number of benzene rings is 2. The second-order valence-electron chi connectivity index (χ2n) is 5.21. The van der Waals surface area contributed by atoms with E-state index in [0.717, 1.165) is 5.75 Å². The van der Waals surface area contributed by atoms with Crippen LogP contribution in [0.4, 0.5) is 4.39 Å². The summed E-state index contributed by atoms with van der Waals surface area (Å²) >= 11 is 1.82. The standard InChI is InChI=1S/C17H17FO2S/c1-11(19)14-7-6-13(18)8-16(14)20-9-12-10-21-17-5-3-2-4-15(12)17/h2-8,11-12,19H,9-10H2,1H3/t11-,12?/m0/s1. The Morgan fingerprint density at radius 2 is 2.14 bits per heavy atom. The molecule has 4 heteroatoms. The van der Waals surface area contributed by atoms with Crippen LogP contribution in [0.15, 0.2) is 47.4 Å². The molecule has 2 atom stereocenters. The third-order valence-corrected chi connectivity index (χ3v) is 4.92. The second kappa shape index (κ2) is 6.08. The first-order chi connectivity index (χ1) is 10.1. The molecule has 0 amide bonds. The van der Waals surface area contributed by atoms with Gasteiger partial charge in [-0.2, -0.15) is 0 Å². The van der Waals surface area contributed by atoms with E-state index in [2.05, 4.69) is 12.1 Å². The first-order valence-corrected chi connectivity index (χ1v) is 7.95. The quantitative estimate of drug-likeness (QED) is 0.920. The van der Waals surface area contributed by atoms with Gasteiger partial charge < -0.3 is 9.84 Å². The van der Waals surface area contributed by atoms with Crippen LogP contribution in [0, 0.1) is 5.82 Å². The number of fused-ring (bicyclic) bond motifs is 1. The van der Waals surface area contributed by atoms with Crippen LogP contribution in [0.3, 0.4) is 0 Å². The topological polar surface area (TPSA) is 29.5 Å². The van der Waals surface area contributed by atoms with Crippen molar-refractivity contribution in [1.29, 1.82) is 0 Å². The number of halogens is 1. The fourth-order valence-corrected chi connectivity index (χ4v) is 3.77. The summed E-state index contributed by atoms with van der Waals surface area (Å²) in [5.41, 5.74) is 1.91. The zero-order valence-corrected chi connectivity index (χ0v) is 12.6. The van der Waals surface area contributed by atoms with E-state index in [-0.39, 0.29) is 5.82 Å². The van der Waals surface area contributed by atoms with Gasteiger partial charge in [-0.15, -0.1) is 11.8 Å². The van der Waals surface area contributed by atoms with E-state index in [4.69, 9.17) is 4.74 Å². The molecule has 2 nitrogen and oxygen atoms in total. The van der Waals surface area contributed by atoms with Gasteiger partial charge in [-0.3, -0.25) is 0 Å². The summed E-state index contributed by atoms with van der Waals surface area (Å²) in [6.45, 7) is 2.15. The molecule has 0 saturated heterocycles. The molecule has 110 valence electrons. The minimum Gasteiger partial charge on any atom is -0.492 e. The Kier molecular flexibility index (Phi) is 4.17. The fourth-order valence-electron chi connectivity index (χ4n) is 2.54. The van der Waals surface area contributed by atoms with Crippen molar-refractivity contribution in [3.05, 3.63) is 59.4 Å². The number of aliphatic hydroxyl groups is 1. The SMILES string of the molecule is C[C@H](O)c1ccc(F)cc1OCC1CSc2ccccc21. The highest BCUT2D eigenvalue weighted by molar-refractivity contribution is 7.99. The van der Waals surface area contributed by atoms with Crippen molar-refractivity contribution >= 4 is 11.8 Å². The fraction of sp³-hybridized carbons (Fsp3) is 0.294. The number of rotatable bonds is 4. The molecule has 0 aliphatic carbocycles. The summed E-state index contributed by atoms with van der Waals surface area (Å²) in [4.78, 5) is 1.29. The van der Waals surface area contributed by atoms with Gasteiger partial charge in [0, 0.05) is 28.2 Å². The molecule has 2 aromatic carbocycles. The van der Waals surface area contributed by atoms with Crippen LogP contribution in [-0.4, -0.2) is 17.5 Å². The van der Waals surface area contributed by atoms with Gasteiger partial charge in [0.05, 0.1) is 12.7 Å². The van der Waals surface area contributed by atoms with E-state index in [1.54, 1.807) is 13.0 Å². The monoisotopic (exact) mass is 304 g/mol. The number of hydrogen-bond donors (Lipinski definition) is 1. The number of aliphatic hydroxyl groups excluding tert-OH is 1. The van der Waals surface area contributed by atoms with E-state index in [9.17, 15) is 9.50 Å². The molecule has 0 bridgehead atoms. The van der Waals surface area contributed by atoms with Crippen LogP contribution < -0.4 is 4.74 Å². The maximum atomic E-state index is 13.4. The Hall–Kier alpha value is -1.52. The van der Waals surface area contributed by atoms with Crippen LogP contribution in [0.2, 0.25) is 0 Å². The Bertz CT molecular complexity index is 642. The van der Waals surface area contributed by atoms with Crippen LogP contribution in [0.25, 0.3) is 0 Å². The first-order valence-electron chi connectivity index (χ1n) is 6.97. The smallest absolute Gasteiger partial charge is 0.128 e. The lowest BCUT2D eigenvalue weighted by Crippen LogP contribution is -2.11. The van der Waals surface area contributed by atoms with Gasteiger partial charge in [0.15, 0.2) is 0 Å². The summed E-state index contributed by atoms with van der Waals surface area (Å²) in [7, 11) is 0. The first kappa shape index (κ1) is 14.4. The lowest BCUT2D eigenvalue weighted by molar-refractivity contribution is 0.190. The highest BCUT2D eigenvalue weighted by Gasteiger charge is 2.23. The van der Waals surface area contributed by atoms with Crippen molar-refractivity contribution in [3.63, 3.8) is 0 Å². The van der Waals surface area contributed by atoms with Gasteiger partial charge in [0.2, 0.25) is 0 Å². The summed E-state index contributed by atoms with van der Waals surface area (Å²) in [6, 6.07) is 12.6.